The van der Waals surface area contributed by atoms with Gasteiger partial charge in [-0.25, -0.2) is 4.79 Å². The minimum absolute atomic E-state index is 0.162. The predicted octanol–water partition coefficient (Wildman–Crippen LogP) is 3.22. The van der Waals surface area contributed by atoms with Gasteiger partial charge in [0.25, 0.3) is 0 Å². The summed E-state index contributed by atoms with van der Waals surface area (Å²) in [5.74, 6) is -0.876. The third-order valence-corrected chi connectivity index (χ3v) is 4.63. The van der Waals surface area contributed by atoms with Gasteiger partial charge in [-0.05, 0) is 43.9 Å². The van der Waals surface area contributed by atoms with Crippen LogP contribution in [0, 0.1) is 5.92 Å². The van der Waals surface area contributed by atoms with Crippen molar-refractivity contribution in [3.05, 3.63) is 41.4 Å². The largest absolute Gasteiger partial charge is 0.462 e. The van der Waals surface area contributed by atoms with E-state index in [1.165, 1.54) is 0 Å². The van der Waals surface area contributed by atoms with Crippen molar-refractivity contribution >= 4 is 17.5 Å². The van der Waals surface area contributed by atoms with Gasteiger partial charge < -0.3 is 4.74 Å². The van der Waals surface area contributed by atoms with Crippen LogP contribution in [0.25, 0.3) is 0 Å². The fourth-order valence-corrected chi connectivity index (χ4v) is 3.59. The molecule has 5 heteroatoms. The Morgan fingerprint density at radius 3 is 2.71 bits per heavy atom. The topological polar surface area (TPSA) is 68.6 Å². The number of hydrogen-bond acceptors (Lipinski definition) is 5. The first-order chi connectivity index (χ1) is 11.6. The number of ether oxygens (including phenoxy) is 1. The van der Waals surface area contributed by atoms with Crippen LogP contribution in [-0.4, -0.2) is 29.1 Å². The number of hydrogen-bond donors (Lipinski definition) is 0. The quantitative estimate of drug-likeness (QED) is 0.797. The predicted molar refractivity (Wildman–Crippen MR) is 90.7 cm³/mol. The number of aliphatic imine (C=N–C) groups is 1. The second kappa shape index (κ2) is 7.07. The van der Waals surface area contributed by atoms with Crippen LogP contribution in [0.15, 0.2) is 40.8 Å². The maximum atomic E-state index is 12.7. The number of allylic oxidation sites excluding steroid dienone is 1. The van der Waals surface area contributed by atoms with Crippen LogP contribution >= 0.6 is 0 Å². The Morgan fingerprint density at radius 2 is 2.00 bits per heavy atom. The van der Waals surface area contributed by atoms with Gasteiger partial charge in [-0.2, -0.15) is 0 Å². The van der Waals surface area contributed by atoms with Crippen molar-refractivity contribution < 1.29 is 14.3 Å². The lowest BCUT2D eigenvalue weighted by atomic mass is 9.69. The first kappa shape index (κ1) is 16.6. The fraction of sp³-hybridized carbons (Fsp3) is 0.474. The minimum atomic E-state index is -0.364. The number of Topliss-reactive ketones (excluding diaryl/α,β-unsaturated/α-hetero) is 1. The van der Waals surface area contributed by atoms with E-state index in [0.29, 0.717) is 24.3 Å². The van der Waals surface area contributed by atoms with Crippen molar-refractivity contribution in [2.75, 3.05) is 6.61 Å². The molecule has 0 spiro atoms. The average Bonchev–Trinajstić information content (AvgIpc) is 2.59. The Bertz CT molecular complexity index is 707. The van der Waals surface area contributed by atoms with Crippen LogP contribution in [-0.2, 0) is 14.3 Å². The van der Waals surface area contributed by atoms with E-state index < -0.39 is 0 Å². The smallest absolute Gasteiger partial charge is 0.336 e. The third-order valence-electron chi connectivity index (χ3n) is 4.63. The van der Waals surface area contributed by atoms with Crippen LogP contribution in [0.4, 0.5) is 0 Å². The Labute approximate surface area is 141 Å². The van der Waals surface area contributed by atoms with Gasteiger partial charge in [-0.1, -0.05) is 6.92 Å². The lowest BCUT2D eigenvalue weighted by Crippen LogP contribution is -2.39. The molecule has 5 nitrogen and oxygen atoms in total. The highest BCUT2D eigenvalue weighted by atomic mass is 16.5. The van der Waals surface area contributed by atoms with E-state index in [4.69, 9.17) is 4.74 Å². The number of nitrogens with zero attached hydrogens (tertiary/aromatic N) is 2. The van der Waals surface area contributed by atoms with E-state index in [0.717, 1.165) is 30.5 Å². The highest BCUT2D eigenvalue weighted by Crippen LogP contribution is 2.42. The maximum absolute atomic E-state index is 12.7. The second-order valence-electron chi connectivity index (χ2n) is 6.29. The molecule has 1 fully saturated rings. The summed E-state index contributed by atoms with van der Waals surface area (Å²) in [7, 11) is 0. The van der Waals surface area contributed by atoms with Gasteiger partial charge in [0.15, 0.2) is 0 Å². The molecule has 2 aliphatic rings. The number of ketones is 1. The molecule has 126 valence electrons. The van der Waals surface area contributed by atoms with Crippen LogP contribution in [0.5, 0.6) is 0 Å². The van der Waals surface area contributed by atoms with E-state index in [-0.39, 0.29) is 23.6 Å². The molecular formula is C19H22N2O3. The highest BCUT2D eigenvalue weighted by Gasteiger charge is 2.43. The monoisotopic (exact) mass is 326 g/mol. The molecular weight excluding hydrogens is 304 g/mol. The van der Waals surface area contributed by atoms with E-state index >= 15 is 0 Å². The fourth-order valence-electron chi connectivity index (χ4n) is 3.59. The van der Waals surface area contributed by atoms with Crippen molar-refractivity contribution in [2.45, 2.75) is 45.4 Å². The molecule has 0 aromatic carbocycles. The molecule has 0 unspecified atom stereocenters. The van der Waals surface area contributed by atoms with Gasteiger partial charge in [0.1, 0.15) is 5.78 Å². The Kier molecular flexibility index (Phi) is 4.88. The Balaban J connectivity index is 2.09. The average molecular weight is 326 g/mol. The van der Waals surface area contributed by atoms with Crippen molar-refractivity contribution in [1.82, 2.24) is 4.98 Å². The molecule has 2 heterocycles. The molecule has 1 aromatic heterocycles. The molecule has 0 N–H and O–H groups in total. The molecule has 1 aromatic rings. The van der Waals surface area contributed by atoms with E-state index in [1.807, 2.05) is 26.0 Å². The summed E-state index contributed by atoms with van der Waals surface area (Å²) < 4.78 is 5.37. The zero-order valence-corrected chi connectivity index (χ0v) is 14.1. The molecule has 1 saturated carbocycles. The van der Waals surface area contributed by atoms with Crippen molar-refractivity contribution in [1.29, 1.82) is 0 Å². The molecule has 2 atom stereocenters. The van der Waals surface area contributed by atoms with Gasteiger partial charge in [0, 0.05) is 36.1 Å². The summed E-state index contributed by atoms with van der Waals surface area (Å²) >= 11 is 0. The summed E-state index contributed by atoms with van der Waals surface area (Å²) in [5, 5.41) is 0. The van der Waals surface area contributed by atoms with Crippen molar-refractivity contribution in [2.24, 2.45) is 10.9 Å². The van der Waals surface area contributed by atoms with Crippen molar-refractivity contribution in [3.8, 4) is 0 Å². The lowest BCUT2D eigenvalue weighted by Gasteiger charge is -2.35. The summed E-state index contributed by atoms with van der Waals surface area (Å²) in [4.78, 5) is 33.9. The normalized spacial score (nSPS) is 23.6. The molecule has 1 aliphatic heterocycles. The Morgan fingerprint density at radius 1 is 1.25 bits per heavy atom. The number of rotatable bonds is 4. The van der Waals surface area contributed by atoms with Gasteiger partial charge in [0.2, 0.25) is 0 Å². The first-order valence-electron chi connectivity index (χ1n) is 8.51. The molecule has 1 aliphatic carbocycles. The van der Waals surface area contributed by atoms with Crippen molar-refractivity contribution in [3.63, 3.8) is 0 Å². The van der Waals surface area contributed by atoms with Gasteiger partial charge in [-0.3, -0.25) is 14.8 Å². The third kappa shape index (κ3) is 3.03. The van der Waals surface area contributed by atoms with Crippen LogP contribution in [0.2, 0.25) is 0 Å². The highest BCUT2D eigenvalue weighted by molar-refractivity contribution is 6.11. The molecule has 3 rings (SSSR count). The summed E-state index contributed by atoms with van der Waals surface area (Å²) in [6.45, 7) is 4.16. The summed E-state index contributed by atoms with van der Waals surface area (Å²) in [6, 6.07) is 3.74. The Hall–Kier alpha value is -2.30. The lowest BCUT2D eigenvalue weighted by molar-refractivity contribution is -0.139. The number of esters is 1. The first-order valence-corrected chi connectivity index (χ1v) is 8.51. The minimum Gasteiger partial charge on any atom is -0.462 e. The second-order valence-corrected chi connectivity index (χ2v) is 6.29. The maximum Gasteiger partial charge on any atom is 0.336 e. The molecule has 0 amide bonds. The zero-order chi connectivity index (χ0) is 17.1. The molecule has 24 heavy (non-hydrogen) atoms. The number of carbonyl (C=O) groups excluding carboxylic acids is 2. The molecule has 0 bridgehead atoms. The van der Waals surface area contributed by atoms with Crippen LogP contribution in [0.1, 0.15) is 51.0 Å². The standard InChI is InChI=1S/C19H22N2O3/c1-3-11-24-19(23)16-12(2)21-14-5-4-6-15(22)18(14)17(16)13-7-9-20-10-8-13/h7-10,17-18H,3-6,11H2,1-2H3/t17-,18-/m1/s1. The molecule has 0 radical (unpaired) electrons. The van der Waals surface area contributed by atoms with Gasteiger partial charge >= 0.3 is 5.97 Å². The van der Waals surface area contributed by atoms with Crippen LogP contribution in [0.3, 0.4) is 0 Å². The summed E-state index contributed by atoms with van der Waals surface area (Å²) in [5.41, 5.74) is 3.00. The van der Waals surface area contributed by atoms with E-state index in [2.05, 4.69) is 9.98 Å². The van der Waals surface area contributed by atoms with Crippen LogP contribution < -0.4 is 0 Å². The molecule has 0 saturated heterocycles. The summed E-state index contributed by atoms with van der Waals surface area (Å²) in [6.07, 6.45) is 6.33. The zero-order valence-electron chi connectivity index (χ0n) is 14.1. The SMILES string of the molecule is CCCOC(=O)C1=C(C)N=C2CCCC(=O)[C@@H]2[C@@H]1c1ccncc1. The number of aromatic nitrogens is 1. The van der Waals surface area contributed by atoms with E-state index in [9.17, 15) is 9.59 Å². The van der Waals surface area contributed by atoms with Gasteiger partial charge in [-0.15, -0.1) is 0 Å². The number of pyridine rings is 1. The number of carbonyl (C=O) groups is 2. The van der Waals surface area contributed by atoms with Gasteiger partial charge in [0.05, 0.1) is 18.1 Å². The number of fused-ring (bicyclic) bond motifs is 1. The van der Waals surface area contributed by atoms with E-state index in [1.54, 1.807) is 12.4 Å².